The summed E-state index contributed by atoms with van der Waals surface area (Å²) in [4.78, 5) is 16.0. The molecule has 2 aromatic rings. The molecule has 4 heteroatoms. The molecule has 1 aliphatic rings. The maximum Gasteiger partial charge on any atom is 0.255 e. The van der Waals surface area contributed by atoms with Crippen LogP contribution in [0, 0.1) is 6.92 Å². The minimum absolute atomic E-state index is 0.154. The summed E-state index contributed by atoms with van der Waals surface area (Å²) in [5.74, 6) is 1.17. The zero-order valence-corrected chi connectivity index (χ0v) is 12.3. The number of benzene rings is 1. The predicted molar refractivity (Wildman–Crippen MR) is 81.7 cm³/mol. The number of aryl methyl sites for hydroxylation is 1. The van der Waals surface area contributed by atoms with Crippen molar-refractivity contribution in [1.82, 2.24) is 4.90 Å². The van der Waals surface area contributed by atoms with Crippen molar-refractivity contribution >= 4 is 29.0 Å². The van der Waals surface area contributed by atoms with Gasteiger partial charge in [0.25, 0.3) is 5.91 Å². The third-order valence-electron chi connectivity index (χ3n) is 3.31. The van der Waals surface area contributed by atoms with Gasteiger partial charge in [-0.25, -0.2) is 0 Å². The number of hydrogen-bond acceptors (Lipinski definition) is 3. The Balaban J connectivity index is 1.89. The van der Waals surface area contributed by atoms with Crippen LogP contribution < -0.4 is 0 Å². The highest BCUT2D eigenvalue weighted by atomic mass is 32.2. The summed E-state index contributed by atoms with van der Waals surface area (Å²) >= 11 is 3.58. The van der Waals surface area contributed by atoms with Crippen molar-refractivity contribution in [3.05, 3.63) is 57.8 Å². The lowest BCUT2D eigenvalue weighted by Gasteiger charge is -2.23. The van der Waals surface area contributed by atoms with Gasteiger partial charge in [-0.2, -0.15) is 0 Å². The average Bonchev–Trinajstić information content (AvgIpc) is 3.09. The largest absolute Gasteiger partial charge is 0.321 e. The second-order valence-electron chi connectivity index (χ2n) is 4.55. The van der Waals surface area contributed by atoms with E-state index in [0.717, 1.165) is 23.4 Å². The second-order valence-corrected chi connectivity index (χ2v) is 6.72. The van der Waals surface area contributed by atoms with Crippen LogP contribution in [0.3, 0.4) is 0 Å². The first-order chi connectivity index (χ1) is 9.27. The Morgan fingerprint density at radius 2 is 2.11 bits per heavy atom. The molecule has 1 amide bonds. The number of carbonyl (C=O) groups is 1. The maximum absolute atomic E-state index is 12.7. The fourth-order valence-electron chi connectivity index (χ4n) is 2.31. The van der Waals surface area contributed by atoms with E-state index in [1.54, 1.807) is 11.3 Å². The van der Waals surface area contributed by atoms with Crippen LogP contribution in [0.4, 0.5) is 0 Å². The van der Waals surface area contributed by atoms with Crippen molar-refractivity contribution < 1.29 is 4.79 Å². The van der Waals surface area contributed by atoms with E-state index in [9.17, 15) is 4.79 Å². The standard InChI is InChI=1S/C15H15NOS2/c1-11-5-2-3-6-12(11)14(17)16-8-10-19-15(16)13-7-4-9-18-13/h2-7,9,15H,8,10H2,1H3/t15-/m1/s1. The van der Waals surface area contributed by atoms with Crippen LogP contribution in [0.25, 0.3) is 0 Å². The third-order valence-corrected chi connectivity index (χ3v) is 5.63. The van der Waals surface area contributed by atoms with Gasteiger partial charge in [0.1, 0.15) is 5.37 Å². The Bertz CT molecular complexity index is 580. The maximum atomic E-state index is 12.7. The first-order valence-corrected chi connectivity index (χ1v) is 8.22. The van der Waals surface area contributed by atoms with Gasteiger partial charge >= 0.3 is 0 Å². The Morgan fingerprint density at radius 1 is 1.26 bits per heavy atom. The minimum Gasteiger partial charge on any atom is -0.321 e. The molecular formula is C15H15NOS2. The summed E-state index contributed by atoms with van der Waals surface area (Å²) in [6, 6.07) is 12.0. The normalized spacial score (nSPS) is 18.8. The van der Waals surface area contributed by atoms with Gasteiger partial charge in [0.2, 0.25) is 0 Å². The van der Waals surface area contributed by atoms with E-state index in [-0.39, 0.29) is 11.3 Å². The van der Waals surface area contributed by atoms with Crippen LogP contribution >= 0.6 is 23.1 Å². The Hall–Kier alpha value is -1.26. The summed E-state index contributed by atoms with van der Waals surface area (Å²) in [6.07, 6.45) is 0. The summed E-state index contributed by atoms with van der Waals surface area (Å²) in [5, 5.41) is 2.26. The van der Waals surface area contributed by atoms with E-state index in [0.29, 0.717) is 0 Å². The fourth-order valence-corrected chi connectivity index (χ4v) is 4.55. The van der Waals surface area contributed by atoms with Crippen molar-refractivity contribution in [3.8, 4) is 0 Å². The molecule has 2 heterocycles. The van der Waals surface area contributed by atoms with Crippen LogP contribution in [0.2, 0.25) is 0 Å². The number of nitrogens with zero attached hydrogens (tertiary/aromatic N) is 1. The van der Waals surface area contributed by atoms with Gasteiger partial charge in [0.05, 0.1) is 0 Å². The number of hydrogen-bond donors (Lipinski definition) is 0. The molecule has 1 aromatic carbocycles. The van der Waals surface area contributed by atoms with Crippen LogP contribution in [0.1, 0.15) is 26.2 Å². The van der Waals surface area contributed by atoms with E-state index in [1.807, 2.05) is 47.9 Å². The van der Waals surface area contributed by atoms with E-state index in [4.69, 9.17) is 0 Å². The molecule has 0 saturated carbocycles. The first-order valence-electron chi connectivity index (χ1n) is 6.29. The van der Waals surface area contributed by atoms with Crippen LogP contribution in [-0.4, -0.2) is 23.1 Å². The smallest absolute Gasteiger partial charge is 0.255 e. The monoisotopic (exact) mass is 289 g/mol. The Morgan fingerprint density at radius 3 is 2.84 bits per heavy atom. The van der Waals surface area contributed by atoms with Crippen molar-refractivity contribution in [2.45, 2.75) is 12.3 Å². The zero-order chi connectivity index (χ0) is 13.2. The molecule has 19 heavy (non-hydrogen) atoms. The quantitative estimate of drug-likeness (QED) is 0.834. The zero-order valence-electron chi connectivity index (χ0n) is 10.7. The number of amides is 1. The lowest BCUT2D eigenvalue weighted by atomic mass is 10.1. The molecule has 3 rings (SSSR count). The number of thioether (sulfide) groups is 1. The molecule has 0 unspecified atom stereocenters. The fraction of sp³-hybridized carbons (Fsp3) is 0.267. The Kier molecular flexibility index (Phi) is 3.62. The topological polar surface area (TPSA) is 20.3 Å². The van der Waals surface area contributed by atoms with Crippen LogP contribution in [-0.2, 0) is 0 Å². The van der Waals surface area contributed by atoms with Crippen LogP contribution in [0.15, 0.2) is 41.8 Å². The van der Waals surface area contributed by atoms with Crippen molar-refractivity contribution in [2.75, 3.05) is 12.3 Å². The molecule has 1 aromatic heterocycles. The molecule has 0 bridgehead atoms. The average molecular weight is 289 g/mol. The Labute approximate surface area is 121 Å². The van der Waals surface area contributed by atoms with E-state index in [1.165, 1.54) is 4.88 Å². The third kappa shape index (κ3) is 2.42. The molecule has 2 nitrogen and oxygen atoms in total. The molecule has 1 fully saturated rings. The molecule has 98 valence electrons. The molecule has 1 saturated heterocycles. The van der Waals surface area contributed by atoms with Gasteiger partial charge in [-0.3, -0.25) is 4.79 Å². The van der Waals surface area contributed by atoms with Gasteiger partial charge in [0.15, 0.2) is 0 Å². The summed E-state index contributed by atoms with van der Waals surface area (Å²) in [6.45, 7) is 2.83. The van der Waals surface area contributed by atoms with Gasteiger partial charge < -0.3 is 4.90 Å². The molecule has 0 spiro atoms. The molecule has 0 aliphatic carbocycles. The lowest BCUT2D eigenvalue weighted by Crippen LogP contribution is -2.30. The van der Waals surface area contributed by atoms with E-state index >= 15 is 0 Å². The molecule has 0 radical (unpaired) electrons. The SMILES string of the molecule is Cc1ccccc1C(=O)N1CCS[C@@H]1c1cccs1. The highest BCUT2D eigenvalue weighted by molar-refractivity contribution is 7.99. The van der Waals surface area contributed by atoms with Crippen molar-refractivity contribution in [1.29, 1.82) is 0 Å². The van der Waals surface area contributed by atoms with E-state index in [2.05, 4.69) is 17.5 Å². The minimum atomic E-state index is 0.154. The van der Waals surface area contributed by atoms with Gasteiger partial charge in [-0.05, 0) is 30.0 Å². The van der Waals surface area contributed by atoms with Crippen molar-refractivity contribution in [3.63, 3.8) is 0 Å². The van der Waals surface area contributed by atoms with Crippen molar-refractivity contribution in [2.24, 2.45) is 0 Å². The molecule has 0 N–H and O–H groups in total. The van der Waals surface area contributed by atoms with Gasteiger partial charge in [-0.1, -0.05) is 24.3 Å². The molecule has 1 aliphatic heterocycles. The first kappa shape index (κ1) is 12.8. The lowest BCUT2D eigenvalue weighted by molar-refractivity contribution is 0.0761. The molecule has 1 atom stereocenters. The number of thiophene rings is 1. The highest BCUT2D eigenvalue weighted by Crippen LogP contribution is 2.40. The second kappa shape index (κ2) is 5.39. The number of rotatable bonds is 2. The molecular weight excluding hydrogens is 274 g/mol. The summed E-state index contributed by atoms with van der Waals surface area (Å²) < 4.78 is 0. The van der Waals surface area contributed by atoms with Crippen LogP contribution in [0.5, 0.6) is 0 Å². The van der Waals surface area contributed by atoms with Gasteiger partial charge in [-0.15, -0.1) is 23.1 Å². The van der Waals surface area contributed by atoms with Gasteiger partial charge in [0, 0.05) is 22.7 Å². The predicted octanol–water partition coefficient (Wildman–Crippen LogP) is 3.94. The number of carbonyl (C=O) groups excluding carboxylic acids is 1. The summed E-state index contributed by atoms with van der Waals surface area (Å²) in [5.41, 5.74) is 1.88. The summed E-state index contributed by atoms with van der Waals surface area (Å²) in [7, 11) is 0. The highest BCUT2D eigenvalue weighted by Gasteiger charge is 2.32. The van der Waals surface area contributed by atoms with E-state index < -0.39 is 0 Å².